The van der Waals surface area contributed by atoms with Gasteiger partial charge >= 0.3 is 0 Å². The van der Waals surface area contributed by atoms with E-state index in [0.29, 0.717) is 27.9 Å². The molecule has 1 N–H and O–H groups in total. The molecule has 1 aliphatic heterocycles. The van der Waals surface area contributed by atoms with Crippen LogP contribution in [-0.2, 0) is 4.79 Å². The topological polar surface area (TPSA) is 91.2 Å². The van der Waals surface area contributed by atoms with E-state index >= 15 is 0 Å². The van der Waals surface area contributed by atoms with Crippen molar-refractivity contribution in [2.45, 2.75) is 17.2 Å². The Morgan fingerprint density at radius 1 is 1.13 bits per heavy atom. The highest BCUT2D eigenvalue weighted by molar-refractivity contribution is 8.00. The first kappa shape index (κ1) is 18.4. The first-order valence-electron chi connectivity index (χ1n) is 9.30. The Morgan fingerprint density at radius 2 is 1.97 bits per heavy atom. The zero-order valence-corrected chi connectivity index (χ0v) is 16.8. The molecular weight excluding hydrogens is 402 g/mol. The molecule has 0 unspecified atom stereocenters. The van der Waals surface area contributed by atoms with Crippen molar-refractivity contribution in [3.63, 3.8) is 0 Å². The first-order valence-corrected chi connectivity index (χ1v) is 10.2. The Bertz CT molecular complexity index is 1230. The van der Waals surface area contributed by atoms with E-state index in [-0.39, 0.29) is 18.0 Å². The zero-order valence-electron chi connectivity index (χ0n) is 16.0. The monoisotopic (exact) mass is 419 g/mol. The maximum absolute atomic E-state index is 12.7. The normalized spacial score (nSPS) is 13.4. The SMILES string of the molecule is C[C@H](Sc1ncnc2c1cnn2-c1ccccc1)C(=O)Nc1ccc2c(c1)OCO2. The zero-order chi connectivity index (χ0) is 20.5. The highest BCUT2D eigenvalue weighted by Gasteiger charge is 2.20. The van der Waals surface area contributed by atoms with Gasteiger partial charge in [0.1, 0.15) is 11.4 Å². The number of ether oxygens (including phenoxy) is 2. The fraction of sp³-hybridized carbons (Fsp3) is 0.143. The van der Waals surface area contributed by atoms with Crippen LogP contribution in [0.15, 0.2) is 66.1 Å². The van der Waals surface area contributed by atoms with E-state index in [2.05, 4.69) is 20.4 Å². The third-order valence-electron chi connectivity index (χ3n) is 4.63. The molecule has 0 saturated heterocycles. The molecule has 30 heavy (non-hydrogen) atoms. The van der Waals surface area contributed by atoms with Crippen molar-refractivity contribution in [2.75, 3.05) is 12.1 Å². The fourth-order valence-electron chi connectivity index (χ4n) is 3.11. The molecule has 1 aliphatic rings. The fourth-order valence-corrected chi connectivity index (χ4v) is 3.99. The lowest BCUT2D eigenvalue weighted by atomic mass is 10.2. The van der Waals surface area contributed by atoms with Crippen molar-refractivity contribution in [1.29, 1.82) is 0 Å². The van der Waals surface area contributed by atoms with Crippen LogP contribution in [0.1, 0.15) is 6.92 Å². The summed E-state index contributed by atoms with van der Waals surface area (Å²) >= 11 is 1.36. The van der Waals surface area contributed by atoms with Gasteiger partial charge in [0.2, 0.25) is 12.7 Å². The van der Waals surface area contributed by atoms with Crippen LogP contribution >= 0.6 is 11.8 Å². The number of nitrogens with one attached hydrogen (secondary N) is 1. The van der Waals surface area contributed by atoms with Crippen LogP contribution < -0.4 is 14.8 Å². The summed E-state index contributed by atoms with van der Waals surface area (Å²) in [5.74, 6) is 1.16. The Kier molecular flexibility index (Phi) is 4.72. The minimum Gasteiger partial charge on any atom is -0.454 e. The molecule has 0 bridgehead atoms. The summed E-state index contributed by atoms with van der Waals surface area (Å²) in [4.78, 5) is 21.5. The van der Waals surface area contributed by atoms with Crippen molar-refractivity contribution >= 4 is 34.4 Å². The van der Waals surface area contributed by atoms with Gasteiger partial charge < -0.3 is 14.8 Å². The number of rotatable bonds is 5. The number of para-hydroxylation sites is 1. The van der Waals surface area contributed by atoms with E-state index in [4.69, 9.17) is 9.47 Å². The van der Waals surface area contributed by atoms with Gasteiger partial charge in [-0.3, -0.25) is 4.79 Å². The molecule has 2 aromatic carbocycles. The van der Waals surface area contributed by atoms with Crippen molar-refractivity contribution in [2.24, 2.45) is 0 Å². The predicted molar refractivity (Wildman–Crippen MR) is 113 cm³/mol. The second-order valence-electron chi connectivity index (χ2n) is 6.63. The van der Waals surface area contributed by atoms with Crippen LogP contribution in [-0.4, -0.2) is 37.7 Å². The van der Waals surface area contributed by atoms with Gasteiger partial charge in [-0.15, -0.1) is 0 Å². The third kappa shape index (κ3) is 3.43. The number of aromatic nitrogens is 4. The number of carbonyl (C=O) groups excluding carboxylic acids is 1. The summed E-state index contributed by atoms with van der Waals surface area (Å²) in [7, 11) is 0. The lowest BCUT2D eigenvalue weighted by molar-refractivity contribution is -0.115. The molecule has 0 aliphatic carbocycles. The largest absolute Gasteiger partial charge is 0.454 e. The summed E-state index contributed by atoms with van der Waals surface area (Å²) < 4.78 is 12.4. The Morgan fingerprint density at radius 3 is 2.83 bits per heavy atom. The average Bonchev–Trinajstić information content (AvgIpc) is 3.41. The van der Waals surface area contributed by atoms with Crippen molar-refractivity contribution in [3.8, 4) is 17.2 Å². The smallest absolute Gasteiger partial charge is 0.237 e. The van der Waals surface area contributed by atoms with Crippen molar-refractivity contribution < 1.29 is 14.3 Å². The van der Waals surface area contributed by atoms with E-state index in [9.17, 15) is 4.79 Å². The predicted octanol–water partition coefficient (Wildman–Crippen LogP) is 3.66. The second-order valence-corrected chi connectivity index (χ2v) is 7.95. The van der Waals surface area contributed by atoms with E-state index in [1.807, 2.05) is 37.3 Å². The van der Waals surface area contributed by atoms with Crippen LogP contribution in [0.4, 0.5) is 5.69 Å². The van der Waals surface area contributed by atoms with Crippen molar-refractivity contribution in [3.05, 3.63) is 61.1 Å². The van der Waals surface area contributed by atoms with E-state index < -0.39 is 0 Å². The summed E-state index contributed by atoms with van der Waals surface area (Å²) in [6, 6.07) is 15.1. The maximum Gasteiger partial charge on any atom is 0.237 e. The number of benzene rings is 2. The molecule has 1 amide bonds. The molecule has 9 heteroatoms. The highest BCUT2D eigenvalue weighted by atomic mass is 32.2. The molecule has 5 rings (SSSR count). The summed E-state index contributed by atoms with van der Waals surface area (Å²) in [5.41, 5.74) is 2.26. The van der Waals surface area contributed by atoms with Crippen LogP contribution in [0.3, 0.4) is 0 Å². The van der Waals surface area contributed by atoms with E-state index in [1.54, 1.807) is 29.1 Å². The standard InChI is InChI=1S/C21H17N5O3S/c1-13(20(27)25-14-7-8-17-18(9-14)29-12-28-17)30-21-16-10-24-26(19(16)22-11-23-21)15-5-3-2-4-6-15/h2-11,13H,12H2,1H3,(H,25,27)/t13-/m0/s1. The number of carbonyl (C=O) groups is 1. The number of nitrogens with zero attached hydrogens (tertiary/aromatic N) is 4. The van der Waals surface area contributed by atoms with Gasteiger partial charge in [-0.05, 0) is 31.2 Å². The van der Waals surface area contributed by atoms with Crippen LogP contribution in [0.25, 0.3) is 16.7 Å². The molecule has 0 radical (unpaired) electrons. The Balaban J connectivity index is 1.35. The average molecular weight is 419 g/mol. The molecule has 150 valence electrons. The molecule has 3 heterocycles. The molecule has 0 fully saturated rings. The Labute approximate surface area is 176 Å². The van der Waals surface area contributed by atoms with Gasteiger partial charge in [0.25, 0.3) is 0 Å². The Hall–Kier alpha value is -3.59. The number of amides is 1. The summed E-state index contributed by atoms with van der Waals surface area (Å²) in [6.07, 6.45) is 3.22. The van der Waals surface area contributed by atoms with Gasteiger partial charge in [0.05, 0.1) is 22.5 Å². The van der Waals surface area contributed by atoms with Crippen LogP contribution in [0, 0.1) is 0 Å². The number of fused-ring (bicyclic) bond motifs is 2. The quantitative estimate of drug-likeness (QED) is 0.390. The molecule has 2 aromatic heterocycles. The second kappa shape index (κ2) is 7.68. The van der Waals surface area contributed by atoms with Crippen molar-refractivity contribution in [1.82, 2.24) is 19.7 Å². The molecule has 4 aromatic rings. The minimum absolute atomic E-state index is 0.138. The summed E-state index contributed by atoms with van der Waals surface area (Å²) in [5, 5.41) is 8.49. The molecule has 1 atom stereocenters. The van der Waals surface area contributed by atoms with Gasteiger partial charge in [0.15, 0.2) is 17.1 Å². The molecular formula is C21H17N5O3S. The number of anilines is 1. The van der Waals surface area contributed by atoms with Gasteiger partial charge in [-0.2, -0.15) is 5.10 Å². The summed E-state index contributed by atoms with van der Waals surface area (Å²) in [6.45, 7) is 2.03. The first-order chi connectivity index (χ1) is 14.7. The highest BCUT2D eigenvalue weighted by Crippen LogP contribution is 2.35. The molecule has 0 spiro atoms. The van der Waals surface area contributed by atoms with Gasteiger partial charge in [0, 0.05) is 11.8 Å². The molecule has 0 saturated carbocycles. The van der Waals surface area contributed by atoms with Gasteiger partial charge in [-0.1, -0.05) is 30.0 Å². The van der Waals surface area contributed by atoms with Crippen LogP contribution in [0.5, 0.6) is 11.5 Å². The van der Waals surface area contributed by atoms with Crippen LogP contribution in [0.2, 0.25) is 0 Å². The minimum atomic E-state index is -0.381. The van der Waals surface area contributed by atoms with E-state index in [0.717, 1.165) is 11.1 Å². The lowest BCUT2D eigenvalue weighted by Crippen LogP contribution is -2.22. The van der Waals surface area contributed by atoms with E-state index in [1.165, 1.54) is 18.1 Å². The lowest BCUT2D eigenvalue weighted by Gasteiger charge is -2.12. The number of thioether (sulfide) groups is 1. The molecule has 8 nitrogen and oxygen atoms in total. The number of hydrogen-bond acceptors (Lipinski definition) is 7. The third-order valence-corrected chi connectivity index (χ3v) is 5.74. The maximum atomic E-state index is 12.7. The van der Waals surface area contributed by atoms with Gasteiger partial charge in [-0.25, -0.2) is 14.6 Å². The number of hydrogen-bond donors (Lipinski definition) is 1.